The fraction of sp³-hybridized carbons (Fsp3) is 0.0909. The number of primary sulfonamides is 1. The third kappa shape index (κ3) is 3.11. The minimum atomic E-state index is -3.98. The van der Waals surface area contributed by atoms with Gasteiger partial charge in [-0.05, 0) is 12.1 Å². The minimum absolute atomic E-state index is 0.109. The topological polar surface area (TPSA) is 85.3 Å². The largest absolute Gasteiger partial charge is 0.446 e. The van der Waals surface area contributed by atoms with Crippen molar-refractivity contribution in [2.24, 2.45) is 5.14 Å². The summed E-state index contributed by atoms with van der Waals surface area (Å²) in [6.45, 7) is -0.171. The summed E-state index contributed by atoms with van der Waals surface area (Å²) < 4.78 is 66.0. The molecule has 1 heterocycles. The lowest BCUT2D eigenvalue weighted by atomic mass is 10.2. The molecule has 0 fully saturated rings. The number of furan rings is 1. The van der Waals surface area contributed by atoms with E-state index < -0.39 is 38.3 Å². The van der Waals surface area contributed by atoms with E-state index in [1.165, 1.54) is 6.07 Å². The van der Waals surface area contributed by atoms with E-state index >= 15 is 0 Å². The molecule has 0 atom stereocenters. The molecule has 0 aliphatic heterocycles. The van der Waals surface area contributed by atoms with Crippen LogP contribution in [0.2, 0.25) is 0 Å². The molecule has 0 saturated heterocycles. The van der Waals surface area contributed by atoms with E-state index in [0.717, 1.165) is 12.1 Å². The van der Waals surface area contributed by atoms with Crippen molar-refractivity contribution in [3.05, 3.63) is 47.5 Å². The van der Waals surface area contributed by atoms with Gasteiger partial charge in [0.25, 0.3) is 10.0 Å². The molecule has 2 aromatic rings. The summed E-state index contributed by atoms with van der Waals surface area (Å²) in [6, 6.07) is 3.59. The van der Waals surface area contributed by atoms with Gasteiger partial charge in [0.1, 0.15) is 11.6 Å². The number of sulfonamides is 1. The first-order chi connectivity index (χ1) is 9.27. The fourth-order valence-corrected chi connectivity index (χ4v) is 1.95. The van der Waals surface area contributed by atoms with Crippen LogP contribution in [0.25, 0.3) is 0 Å². The summed E-state index contributed by atoms with van der Waals surface area (Å²) in [7, 11) is -3.98. The van der Waals surface area contributed by atoms with Crippen molar-refractivity contribution in [2.75, 3.05) is 5.32 Å². The Kier molecular flexibility index (Phi) is 3.73. The van der Waals surface area contributed by atoms with E-state index in [1.54, 1.807) is 0 Å². The predicted octanol–water partition coefficient (Wildman–Crippen LogP) is 1.96. The number of hydrogen-bond acceptors (Lipinski definition) is 4. The molecule has 108 valence electrons. The smallest absolute Gasteiger partial charge is 0.271 e. The van der Waals surface area contributed by atoms with Crippen LogP contribution in [-0.4, -0.2) is 8.42 Å². The Bertz CT molecular complexity index is 743. The Morgan fingerprint density at radius 3 is 2.50 bits per heavy atom. The minimum Gasteiger partial charge on any atom is -0.446 e. The standard InChI is InChI=1S/C11H9F3N2O3S/c12-6-3-8(13)11(14)9(4-6)16-5-7-1-2-10(19-7)20(15,17)18/h1-4,16H,5H2,(H2,15,17,18). The van der Waals surface area contributed by atoms with E-state index in [2.05, 4.69) is 5.32 Å². The molecule has 0 aliphatic rings. The second kappa shape index (κ2) is 5.17. The van der Waals surface area contributed by atoms with Gasteiger partial charge in [0.05, 0.1) is 12.2 Å². The third-order valence-electron chi connectivity index (χ3n) is 2.36. The second-order valence-electron chi connectivity index (χ2n) is 3.87. The molecule has 0 radical (unpaired) electrons. The average molecular weight is 306 g/mol. The highest BCUT2D eigenvalue weighted by atomic mass is 32.2. The van der Waals surface area contributed by atoms with Crippen LogP contribution in [0, 0.1) is 17.5 Å². The van der Waals surface area contributed by atoms with E-state index in [-0.39, 0.29) is 12.3 Å². The number of nitrogens with two attached hydrogens (primary N) is 1. The zero-order valence-corrected chi connectivity index (χ0v) is 10.7. The summed E-state index contributed by atoms with van der Waals surface area (Å²) in [5.74, 6) is -3.42. The molecule has 5 nitrogen and oxygen atoms in total. The molecule has 0 saturated carbocycles. The van der Waals surface area contributed by atoms with Gasteiger partial charge >= 0.3 is 0 Å². The maximum absolute atomic E-state index is 13.3. The Labute approximate surface area is 112 Å². The van der Waals surface area contributed by atoms with E-state index in [4.69, 9.17) is 9.56 Å². The maximum atomic E-state index is 13.3. The second-order valence-corrected chi connectivity index (χ2v) is 5.36. The Morgan fingerprint density at radius 2 is 1.90 bits per heavy atom. The highest BCUT2D eigenvalue weighted by Gasteiger charge is 2.14. The van der Waals surface area contributed by atoms with Gasteiger partial charge in [0.2, 0.25) is 5.09 Å². The lowest BCUT2D eigenvalue weighted by Crippen LogP contribution is -2.10. The molecule has 1 aromatic carbocycles. The molecule has 0 amide bonds. The summed E-state index contributed by atoms with van der Waals surface area (Å²) in [5.41, 5.74) is -0.406. The van der Waals surface area contributed by atoms with E-state index in [1.807, 2.05) is 0 Å². The maximum Gasteiger partial charge on any atom is 0.271 e. The zero-order valence-electron chi connectivity index (χ0n) is 9.86. The molecular formula is C11H9F3N2O3S. The quantitative estimate of drug-likeness (QED) is 0.846. The van der Waals surface area contributed by atoms with E-state index in [0.29, 0.717) is 6.07 Å². The van der Waals surface area contributed by atoms with Crippen LogP contribution in [0.3, 0.4) is 0 Å². The van der Waals surface area contributed by atoms with Crippen molar-refractivity contribution in [1.82, 2.24) is 0 Å². The Balaban J connectivity index is 2.15. The van der Waals surface area contributed by atoms with E-state index in [9.17, 15) is 21.6 Å². The molecule has 2 rings (SSSR count). The molecule has 20 heavy (non-hydrogen) atoms. The number of hydrogen-bond donors (Lipinski definition) is 2. The summed E-state index contributed by atoms with van der Waals surface area (Å²) >= 11 is 0. The molecule has 0 spiro atoms. The van der Waals surface area contributed by atoms with Crippen LogP contribution in [-0.2, 0) is 16.6 Å². The first-order valence-electron chi connectivity index (χ1n) is 5.27. The van der Waals surface area contributed by atoms with Crippen LogP contribution in [0.15, 0.2) is 33.8 Å². The van der Waals surface area contributed by atoms with Gasteiger partial charge in [-0.2, -0.15) is 0 Å². The summed E-state index contributed by atoms with van der Waals surface area (Å²) in [6.07, 6.45) is 0. The molecular weight excluding hydrogens is 297 g/mol. The Hall–Kier alpha value is -2.00. The molecule has 3 N–H and O–H groups in total. The van der Waals surface area contributed by atoms with Gasteiger partial charge in [0, 0.05) is 12.1 Å². The lowest BCUT2D eigenvalue weighted by molar-refractivity contribution is 0.419. The third-order valence-corrected chi connectivity index (χ3v) is 3.14. The Morgan fingerprint density at radius 1 is 1.20 bits per heavy atom. The van der Waals surface area contributed by atoms with Gasteiger partial charge in [-0.25, -0.2) is 26.7 Å². The van der Waals surface area contributed by atoms with Crippen LogP contribution in [0.1, 0.15) is 5.76 Å². The van der Waals surface area contributed by atoms with Crippen molar-refractivity contribution >= 4 is 15.7 Å². The number of halogens is 3. The monoisotopic (exact) mass is 306 g/mol. The zero-order chi connectivity index (χ0) is 14.9. The number of anilines is 1. The van der Waals surface area contributed by atoms with Crippen LogP contribution in [0.4, 0.5) is 18.9 Å². The molecule has 0 unspecified atom stereocenters. The first-order valence-corrected chi connectivity index (χ1v) is 6.82. The van der Waals surface area contributed by atoms with Crippen molar-refractivity contribution < 1.29 is 26.0 Å². The molecule has 9 heteroatoms. The van der Waals surface area contributed by atoms with Crippen molar-refractivity contribution in [2.45, 2.75) is 11.6 Å². The molecule has 1 aromatic heterocycles. The van der Waals surface area contributed by atoms with Gasteiger partial charge in [-0.1, -0.05) is 0 Å². The van der Waals surface area contributed by atoms with Crippen molar-refractivity contribution in [3.8, 4) is 0 Å². The summed E-state index contributed by atoms with van der Waals surface area (Å²) in [4.78, 5) is 0. The number of nitrogens with one attached hydrogen (secondary N) is 1. The van der Waals surface area contributed by atoms with Crippen LogP contribution < -0.4 is 10.5 Å². The highest BCUT2D eigenvalue weighted by Crippen LogP contribution is 2.20. The number of rotatable bonds is 4. The van der Waals surface area contributed by atoms with Crippen LogP contribution >= 0.6 is 0 Å². The van der Waals surface area contributed by atoms with Gasteiger partial charge in [0.15, 0.2) is 11.6 Å². The van der Waals surface area contributed by atoms with Gasteiger partial charge in [-0.3, -0.25) is 0 Å². The van der Waals surface area contributed by atoms with Crippen molar-refractivity contribution in [1.29, 1.82) is 0 Å². The van der Waals surface area contributed by atoms with Crippen molar-refractivity contribution in [3.63, 3.8) is 0 Å². The summed E-state index contributed by atoms with van der Waals surface area (Å²) in [5, 5.41) is 6.77. The lowest BCUT2D eigenvalue weighted by Gasteiger charge is -2.06. The highest BCUT2D eigenvalue weighted by molar-refractivity contribution is 7.89. The predicted molar refractivity (Wildman–Crippen MR) is 63.7 cm³/mol. The molecule has 0 bridgehead atoms. The van der Waals surface area contributed by atoms with Crippen LogP contribution in [0.5, 0.6) is 0 Å². The van der Waals surface area contributed by atoms with Gasteiger partial charge in [-0.15, -0.1) is 0 Å². The van der Waals surface area contributed by atoms with Gasteiger partial charge < -0.3 is 9.73 Å². The first kappa shape index (κ1) is 14.4. The molecule has 0 aliphatic carbocycles. The SMILES string of the molecule is NS(=O)(=O)c1ccc(CNc2cc(F)cc(F)c2F)o1. The average Bonchev–Trinajstić information content (AvgIpc) is 2.80. The number of benzene rings is 1. The fourth-order valence-electron chi connectivity index (χ4n) is 1.47. The normalized spacial score (nSPS) is 11.6.